The first-order valence-electron chi connectivity index (χ1n) is 5.06. The number of hydrogen-bond acceptors (Lipinski definition) is 1. The lowest BCUT2D eigenvalue weighted by Crippen LogP contribution is -1.99. The van der Waals surface area contributed by atoms with Gasteiger partial charge in [0.1, 0.15) is 17.3 Å². The molecule has 2 aromatic carbocycles. The highest BCUT2D eigenvalue weighted by Crippen LogP contribution is 2.38. The van der Waals surface area contributed by atoms with E-state index in [1.54, 1.807) is 24.3 Å². The van der Waals surface area contributed by atoms with Gasteiger partial charge in [0.25, 0.3) is 0 Å². The predicted molar refractivity (Wildman–Crippen MR) is 72.2 cm³/mol. The lowest BCUT2D eigenvalue weighted by atomic mass is 10.2. The first-order valence-corrected chi connectivity index (χ1v) is 6.19. The predicted octanol–water partition coefficient (Wildman–Crippen LogP) is 5.44. The average molecular weight is 306 g/mol. The Morgan fingerprint density at radius 2 is 1.22 bits per heavy atom. The maximum atomic E-state index is 12.7. The van der Waals surface area contributed by atoms with E-state index in [2.05, 4.69) is 0 Å². The number of rotatable bonds is 2. The molecular weight excluding hydrogens is 297 g/mol. The van der Waals surface area contributed by atoms with Crippen LogP contribution in [0.4, 0.5) is 4.39 Å². The van der Waals surface area contributed by atoms with E-state index in [0.29, 0.717) is 17.1 Å². The summed E-state index contributed by atoms with van der Waals surface area (Å²) in [4.78, 5) is 0. The van der Waals surface area contributed by atoms with Crippen LogP contribution >= 0.6 is 34.8 Å². The molecule has 94 valence electrons. The SMILES string of the molecule is Fc1ccc(Oc2ccc(C(Cl)(Cl)Cl)cc2)cc1. The summed E-state index contributed by atoms with van der Waals surface area (Å²) in [5.41, 5.74) is 0.555. The quantitative estimate of drug-likeness (QED) is 0.671. The van der Waals surface area contributed by atoms with Gasteiger partial charge in [-0.25, -0.2) is 4.39 Å². The number of benzene rings is 2. The lowest BCUT2D eigenvalue weighted by molar-refractivity contribution is 0.480. The summed E-state index contributed by atoms with van der Waals surface area (Å²) in [6.07, 6.45) is 0. The van der Waals surface area contributed by atoms with E-state index in [4.69, 9.17) is 39.5 Å². The van der Waals surface area contributed by atoms with Crippen molar-refractivity contribution in [1.29, 1.82) is 0 Å². The van der Waals surface area contributed by atoms with Gasteiger partial charge in [0.05, 0.1) is 0 Å². The zero-order valence-electron chi connectivity index (χ0n) is 9.04. The maximum absolute atomic E-state index is 12.7. The molecule has 2 rings (SSSR count). The molecule has 0 unspecified atom stereocenters. The van der Waals surface area contributed by atoms with Gasteiger partial charge in [-0.3, -0.25) is 0 Å². The van der Waals surface area contributed by atoms with Crippen LogP contribution in [0.3, 0.4) is 0 Å². The molecule has 0 radical (unpaired) electrons. The van der Waals surface area contributed by atoms with Crippen LogP contribution in [-0.4, -0.2) is 0 Å². The Kier molecular flexibility index (Phi) is 4.00. The van der Waals surface area contributed by atoms with Gasteiger partial charge in [-0.05, 0) is 36.4 Å². The highest BCUT2D eigenvalue weighted by Gasteiger charge is 2.22. The van der Waals surface area contributed by atoms with Gasteiger partial charge < -0.3 is 4.74 Å². The summed E-state index contributed by atoms with van der Waals surface area (Å²) in [5, 5.41) is 0. The molecule has 0 amide bonds. The largest absolute Gasteiger partial charge is 0.457 e. The first-order chi connectivity index (χ1) is 8.45. The molecule has 0 N–H and O–H groups in total. The molecule has 0 fully saturated rings. The second-order valence-corrected chi connectivity index (χ2v) is 5.86. The van der Waals surface area contributed by atoms with Crippen molar-refractivity contribution in [1.82, 2.24) is 0 Å². The van der Waals surface area contributed by atoms with E-state index in [9.17, 15) is 4.39 Å². The second kappa shape index (κ2) is 5.35. The second-order valence-electron chi connectivity index (χ2n) is 3.58. The monoisotopic (exact) mass is 304 g/mol. The van der Waals surface area contributed by atoms with Crippen LogP contribution in [0.25, 0.3) is 0 Å². The maximum Gasteiger partial charge on any atom is 0.216 e. The number of hydrogen-bond donors (Lipinski definition) is 0. The Labute approximate surface area is 119 Å². The van der Waals surface area contributed by atoms with E-state index in [1.807, 2.05) is 0 Å². The summed E-state index contributed by atoms with van der Waals surface area (Å²) in [6, 6.07) is 12.4. The molecule has 0 aliphatic carbocycles. The summed E-state index contributed by atoms with van der Waals surface area (Å²) in [6.45, 7) is 0. The van der Waals surface area contributed by atoms with Gasteiger partial charge in [0.15, 0.2) is 0 Å². The summed E-state index contributed by atoms with van der Waals surface area (Å²) < 4.78 is 16.8. The Morgan fingerprint density at radius 3 is 1.67 bits per heavy atom. The smallest absolute Gasteiger partial charge is 0.216 e. The topological polar surface area (TPSA) is 9.23 Å². The van der Waals surface area contributed by atoms with Crippen molar-refractivity contribution < 1.29 is 9.13 Å². The zero-order valence-corrected chi connectivity index (χ0v) is 11.3. The molecule has 0 saturated heterocycles. The van der Waals surface area contributed by atoms with Crippen LogP contribution in [0, 0.1) is 5.82 Å². The minimum atomic E-state index is -1.45. The van der Waals surface area contributed by atoms with Crippen LogP contribution in [0.5, 0.6) is 11.5 Å². The lowest BCUT2D eigenvalue weighted by Gasteiger charge is -2.12. The highest BCUT2D eigenvalue weighted by atomic mass is 35.6. The molecule has 0 heterocycles. The molecule has 0 saturated carbocycles. The minimum Gasteiger partial charge on any atom is -0.457 e. The van der Waals surface area contributed by atoms with Gasteiger partial charge >= 0.3 is 0 Å². The van der Waals surface area contributed by atoms with E-state index < -0.39 is 3.79 Å². The van der Waals surface area contributed by atoms with Crippen molar-refractivity contribution >= 4 is 34.8 Å². The molecule has 0 atom stereocenters. The summed E-state index contributed by atoms with van der Waals surface area (Å²) in [5.74, 6) is 0.812. The van der Waals surface area contributed by atoms with Crippen LogP contribution < -0.4 is 4.74 Å². The molecule has 0 aromatic heterocycles. The van der Waals surface area contributed by atoms with Crippen molar-refractivity contribution in [3.8, 4) is 11.5 Å². The molecule has 0 aliphatic rings. The Morgan fingerprint density at radius 1 is 0.778 bits per heavy atom. The van der Waals surface area contributed by atoms with Crippen LogP contribution in [0.1, 0.15) is 5.56 Å². The van der Waals surface area contributed by atoms with Crippen molar-refractivity contribution in [2.45, 2.75) is 3.79 Å². The zero-order chi connectivity index (χ0) is 13.2. The third-order valence-electron chi connectivity index (χ3n) is 2.23. The standard InChI is InChI=1S/C13H8Cl3FO/c14-13(15,16)9-1-5-11(6-2-9)18-12-7-3-10(17)4-8-12/h1-8H. The van der Waals surface area contributed by atoms with Crippen molar-refractivity contribution in [3.63, 3.8) is 0 Å². The Hall–Kier alpha value is -0.960. The van der Waals surface area contributed by atoms with Gasteiger partial charge in [-0.1, -0.05) is 46.9 Å². The molecular formula is C13H8Cl3FO. The number of ether oxygens (including phenoxy) is 1. The van der Waals surface area contributed by atoms with Gasteiger partial charge in [-0.2, -0.15) is 0 Å². The van der Waals surface area contributed by atoms with E-state index in [-0.39, 0.29) is 5.82 Å². The fraction of sp³-hybridized carbons (Fsp3) is 0.0769. The number of alkyl halides is 3. The third kappa shape index (κ3) is 3.52. The fourth-order valence-electron chi connectivity index (χ4n) is 1.35. The van der Waals surface area contributed by atoms with Gasteiger partial charge in [0.2, 0.25) is 3.79 Å². The normalized spacial score (nSPS) is 11.3. The van der Waals surface area contributed by atoms with Gasteiger partial charge in [-0.15, -0.1) is 0 Å². The van der Waals surface area contributed by atoms with Crippen LogP contribution in [-0.2, 0) is 3.79 Å². The molecule has 0 spiro atoms. The van der Waals surface area contributed by atoms with Gasteiger partial charge in [0, 0.05) is 5.56 Å². The molecule has 2 aromatic rings. The molecule has 1 nitrogen and oxygen atoms in total. The highest BCUT2D eigenvalue weighted by molar-refractivity contribution is 6.66. The van der Waals surface area contributed by atoms with Crippen molar-refractivity contribution in [2.24, 2.45) is 0 Å². The van der Waals surface area contributed by atoms with E-state index in [1.165, 1.54) is 24.3 Å². The van der Waals surface area contributed by atoms with E-state index in [0.717, 1.165) is 0 Å². The summed E-state index contributed by atoms with van der Waals surface area (Å²) >= 11 is 17.2. The van der Waals surface area contributed by atoms with E-state index >= 15 is 0 Å². The molecule has 0 bridgehead atoms. The average Bonchev–Trinajstić information content (AvgIpc) is 2.32. The van der Waals surface area contributed by atoms with Crippen molar-refractivity contribution in [3.05, 3.63) is 59.9 Å². The summed E-state index contributed by atoms with van der Waals surface area (Å²) in [7, 11) is 0. The van der Waals surface area contributed by atoms with Crippen LogP contribution in [0.15, 0.2) is 48.5 Å². The molecule has 18 heavy (non-hydrogen) atoms. The fourth-order valence-corrected chi connectivity index (χ4v) is 1.73. The van der Waals surface area contributed by atoms with Crippen molar-refractivity contribution in [2.75, 3.05) is 0 Å². The minimum absolute atomic E-state index is 0.311. The third-order valence-corrected chi connectivity index (χ3v) is 2.89. The number of halogens is 4. The Balaban J connectivity index is 2.13. The molecule has 5 heteroatoms. The first kappa shape index (κ1) is 13.5. The Bertz CT molecular complexity index is 517. The molecule has 0 aliphatic heterocycles. The van der Waals surface area contributed by atoms with Crippen LogP contribution in [0.2, 0.25) is 0 Å².